The van der Waals surface area contributed by atoms with Crippen LogP contribution >= 0.6 is 0 Å². The molecule has 20 heavy (non-hydrogen) atoms. The van der Waals surface area contributed by atoms with Gasteiger partial charge in [0.25, 0.3) is 0 Å². The molecule has 2 aromatic rings. The van der Waals surface area contributed by atoms with Gasteiger partial charge in [-0.2, -0.15) is 0 Å². The van der Waals surface area contributed by atoms with Crippen molar-refractivity contribution in [2.75, 3.05) is 25.6 Å². The van der Waals surface area contributed by atoms with Crippen LogP contribution in [0.1, 0.15) is 12.5 Å². The lowest BCUT2D eigenvalue weighted by molar-refractivity contribution is -0.120. The largest absolute Gasteiger partial charge is 0.476 e. The van der Waals surface area contributed by atoms with Crippen LogP contribution in [0.3, 0.4) is 0 Å². The summed E-state index contributed by atoms with van der Waals surface area (Å²) in [5.74, 6) is 1.21. The molecule has 2 heterocycles. The topological polar surface area (TPSA) is 62.3 Å². The van der Waals surface area contributed by atoms with Gasteiger partial charge in [0.1, 0.15) is 5.82 Å². The van der Waals surface area contributed by atoms with Crippen molar-refractivity contribution in [1.82, 2.24) is 9.78 Å². The van der Waals surface area contributed by atoms with Gasteiger partial charge in [-0.05, 0) is 19.1 Å². The minimum atomic E-state index is 0.0950. The Labute approximate surface area is 118 Å². The molecular weight excluding hydrogens is 254 g/mol. The van der Waals surface area contributed by atoms with Crippen molar-refractivity contribution in [3.63, 3.8) is 0 Å². The van der Waals surface area contributed by atoms with E-state index >= 15 is 0 Å². The van der Waals surface area contributed by atoms with E-state index in [1.165, 1.54) is 0 Å². The van der Waals surface area contributed by atoms with Crippen LogP contribution in [0.5, 0.6) is 5.88 Å². The SMILES string of the molecule is Cc1c(OCC2(C)COC2)nn(-c2ccccc2)c1N. The van der Waals surface area contributed by atoms with Crippen LogP contribution in [0.4, 0.5) is 5.82 Å². The molecule has 106 valence electrons. The maximum Gasteiger partial charge on any atom is 0.238 e. The van der Waals surface area contributed by atoms with Gasteiger partial charge in [-0.1, -0.05) is 25.1 Å². The van der Waals surface area contributed by atoms with Crippen LogP contribution in [0, 0.1) is 12.3 Å². The minimum Gasteiger partial charge on any atom is -0.476 e. The lowest BCUT2D eigenvalue weighted by Crippen LogP contribution is -2.44. The second kappa shape index (κ2) is 4.83. The molecule has 1 fully saturated rings. The van der Waals surface area contributed by atoms with Gasteiger partial charge in [0.15, 0.2) is 0 Å². The number of hydrogen-bond donors (Lipinski definition) is 1. The normalized spacial score (nSPS) is 16.7. The Morgan fingerprint density at radius 3 is 2.65 bits per heavy atom. The quantitative estimate of drug-likeness (QED) is 0.927. The van der Waals surface area contributed by atoms with Crippen LogP contribution in [0.25, 0.3) is 5.69 Å². The fraction of sp³-hybridized carbons (Fsp3) is 0.400. The van der Waals surface area contributed by atoms with E-state index in [4.69, 9.17) is 15.2 Å². The number of benzene rings is 1. The van der Waals surface area contributed by atoms with E-state index in [0.29, 0.717) is 18.3 Å². The Kier molecular flexibility index (Phi) is 3.14. The highest BCUT2D eigenvalue weighted by molar-refractivity contribution is 5.51. The second-order valence-corrected chi connectivity index (χ2v) is 5.65. The van der Waals surface area contributed by atoms with Crippen molar-refractivity contribution in [1.29, 1.82) is 0 Å². The smallest absolute Gasteiger partial charge is 0.238 e. The molecule has 3 rings (SSSR count). The van der Waals surface area contributed by atoms with E-state index in [2.05, 4.69) is 12.0 Å². The Hall–Kier alpha value is -2.01. The van der Waals surface area contributed by atoms with E-state index in [1.807, 2.05) is 37.3 Å². The molecule has 0 radical (unpaired) electrons. The Bertz CT molecular complexity index is 603. The van der Waals surface area contributed by atoms with Gasteiger partial charge in [-0.15, -0.1) is 5.10 Å². The standard InChI is InChI=1S/C15H19N3O2/c1-11-13(16)18(12-6-4-3-5-7-12)17-14(11)20-10-15(2)8-19-9-15/h3-7H,8-10,16H2,1-2H3. The molecule has 0 unspecified atom stereocenters. The number of ether oxygens (including phenoxy) is 2. The summed E-state index contributed by atoms with van der Waals surface area (Å²) in [7, 11) is 0. The van der Waals surface area contributed by atoms with Crippen molar-refractivity contribution in [3.8, 4) is 11.6 Å². The first-order chi connectivity index (χ1) is 9.59. The predicted molar refractivity (Wildman–Crippen MR) is 77.1 cm³/mol. The third-order valence-electron chi connectivity index (χ3n) is 3.58. The van der Waals surface area contributed by atoms with Gasteiger partial charge in [-0.25, -0.2) is 4.68 Å². The number of aromatic nitrogens is 2. The number of anilines is 1. The Balaban J connectivity index is 1.82. The van der Waals surface area contributed by atoms with Crippen LogP contribution in [0.2, 0.25) is 0 Å². The van der Waals surface area contributed by atoms with E-state index in [0.717, 1.165) is 24.5 Å². The molecule has 1 aliphatic rings. The number of rotatable bonds is 4. The monoisotopic (exact) mass is 273 g/mol. The fourth-order valence-electron chi connectivity index (χ4n) is 2.17. The zero-order valence-electron chi connectivity index (χ0n) is 11.8. The summed E-state index contributed by atoms with van der Waals surface area (Å²) in [5.41, 5.74) is 8.02. The van der Waals surface area contributed by atoms with Crippen molar-refractivity contribution < 1.29 is 9.47 Å². The molecule has 0 saturated carbocycles. The molecule has 2 N–H and O–H groups in total. The molecule has 1 aromatic carbocycles. The maximum absolute atomic E-state index is 6.12. The van der Waals surface area contributed by atoms with Crippen molar-refractivity contribution in [2.24, 2.45) is 5.41 Å². The van der Waals surface area contributed by atoms with Crippen LogP contribution < -0.4 is 10.5 Å². The lowest BCUT2D eigenvalue weighted by Gasteiger charge is -2.37. The lowest BCUT2D eigenvalue weighted by atomic mass is 9.90. The average molecular weight is 273 g/mol. The molecule has 1 saturated heterocycles. The van der Waals surface area contributed by atoms with Crippen LogP contribution in [0.15, 0.2) is 30.3 Å². The average Bonchev–Trinajstić information content (AvgIpc) is 2.72. The van der Waals surface area contributed by atoms with E-state index < -0.39 is 0 Å². The molecule has 5 heteroatoms. The van der Waals surface area contributed by atoms with Crippen molar-refractivity contribution in [2.45, 2.75) is 13.8 Å². The summed E-state index contributed by atoms with van der Waals surface area (Å²) in [6, 6.07) is 9.81. The van der Waals surface area contributed by atoms with Gasteiger partial charge >= 0.3 is 0 Å². The minimum absolute atomic E-state index is 0.0950. The van der Waals surface area contributed by atoms with Crippen molar-refractivity contribution in [3.05, 3.63) is 35.9 Å². The Morgan fingerprint density at radius 2 is 2.05 bits per heavy atom. The van der Waals surface area contributed by atoms with Crippen molar-refractivity contribution >= 4 is 5.82 Å². The third kappa shape index (κ3) is 2.25. The molecule has 0 amide bonds. The second-order valence-electron chi connectivity index (χ2n) is 5.65. The highest BCUT2D eigenvalue weighted by atomic mass is 16.5. The van der Waals surface area contributed by atoms with Crippen LogP contribution in [-0.2, 0) is 4.74 Å². The van der Waals surface area contributed by atoms with Gasteiger partial charge in [-0.3, -0.25) is 0 Å². The maximum atomic E-state index is 6.12. The number of nitrogens with zero attached hydrogens (tertiary/aromatic N) is 2. The number of nitrogens with two attached hydrogens (primary N) is 1. The summed E-state index contributed by atoms with van der Waals surface area (Å²) in [4.78, 5) is 0. The molecule has 5 nitrogen and oxygen atoms in total. The Morgan fingerprint density at radius 1 is 1.35 bits per heavy atom. The molecule has 0 atom stereocenters. The number of nitrogen functional groups attached to an aromatic ring is 1. The molecule has 1 aromatic heterocycles. The third-order valence-corrected chi connectivity index (χ3v) is 3.58. The molecular formula is C15H19N3O2. The number of hydrogen-bond acceptors (Lipinski definition) is 4. The van der Waals surface area contributed by atoms with Gasteiger partial charge in [0.05, 0.1) is 31.1 Å². The fourth-order valence-corrected chi connectivity index (χ4v) is 2.17. The molecule has 1 aliphatic heterocycles. The molecule has 0 bridgehead atoms. The summed E-state index contributed by atoms with van der Waals surface area (Å²) >= 11 is 0. The van der Waals surface area contributed by atoms with E-state index in [1.54, 1.807) is 4.68 Å². The van der Waals surface area contributed by atoms with E-state index in [9.17, 15) is 0 Å². The first-order valence-electron chi connectivity index (χ1n) is 6.70. The molecule has 0 aliphatic carbocycles. The van der Waals surface area contributed by atoms with E-state index in [-0.39, 0.29) is 5.41 Å². The zero-order chi connectivity index (χ0) is 14.2. The van der Waals surface area contributed by atoms with Crippen LogP contribution in [-0.4, -0.2) is 29.6 Å². The van der Waals surface area contributed by atoms with Gasteiger partial charge < -0.3 is 15.2 Å². The number of para-hydroxylation sites is 1. The first kappa shape index (κ1) is 13.0. The first-order valence-corrected chi connectivity index (χ1v) is 6.70. The summed E-state index contributed by atoms with van der Waals surface area (Å²) in [6.45, 7) is 6.14. The summed E-state index contributed by atoms with van der Waals surface area (Å²) < 4.78 is 12.8. The summed E-state index contributed by atoms with van der Waals surface area (Å²) in [5, 5.41) is 4.47. The highest BCUT2D eigenvalue weighted by Crippen LogP contribution is 2.30. The predicted octanol–water partition coefficient (Wildman–Crippen LogP) is 2.18. The van der Waals surface area contributed by atoms with Gasteiger partial charge in [0.2, 0.25) is 5.88 Å². The highest BCUT2D eigenvalue weighted by Gasteiger charge is 2.34. The van der Waals surface area contributed by atoms with Gasteiger partial charge in [0, 0.05) is 5.41 Å². The zero-order valence-corrected chi connectivity index (χ0v) is 11.8. The summed E-state index contributed by atoms with van der Waals surface area (Å²) in [6.07, 6.45) is 0. The molecule has 0 spiro atoms.